The molecule has 0 unspecified atom stereocenters. The molecular weight excluding hydrogens is 250 g/mol. The van der Waals surface area contributed by atoms with E-state index in [9.17, 15) is 9.90 Å². The Balaban J connectivity index is 1.64. The highest BCUT2D eigenvalue weighted by Gasteiger charge is 2.03. The molecular formula is C17H19NO2. The number of aromatic hydroxyl groups is 1. The Morgan fingerprint density at radius 1 is 0.950 bits per heavy atom. The van der Waals surface area contributed by atoms with Gasteiger partial charge in [-0.2, -0.15) is 0 Å². The van der Waals surface area contributed by atoms with Gasteiger partial charge in [0.25, 0.3) is 0 Å². The van der Waals surface area contributed by atoms with Crippen molar-refractivity contribution in [1.82, 2.24) is 5.32 Å². The maximum absolute atomic E-state index is 11.8. The summed E-state index contributed by atoms with van der Waals surface area (Å²) in [5, 5.41) is 12.4. The van der Waals surface area contributed by atoms with Crippen LogP contribution < -0.4 is 5.32 Å². The Hall–Kier alpha value is -2.13. The Morgan fingerprint density at radius 2 is 1.65 bits per heavy atom. The van der Waals surface area contributed by atoms with Crippen molar-refractivity contribution in [3.05, 3.63) is 65.7 Å². The normalized spacial score (nSPS) is 10.4. The van der Waals surface area contributed by atoms with Gasteiger partial charge >= 0.3 is 0 Å². The summed E-state index contributed by atoms with van der Waals surface area (Å²) in [6, 6.07) is 16.6. The Bertz CT molecular complexity index is 535. The molecule has 0 aliphatic carbocycles. The van der Waals surface area contributed by atoms with Gasteiger partial charge in [0.2, 0.25) is 0 Å². The van der Waals surface area contributed by atoms with E-state index >= 15 is 0 Å². The van der Waals surface area contributed by atoms with Crippen molar-refractivity contribution in [1.29, 1.82) is 0 Å². The molecule has 20 heavy (non-hydrogen) atoms. The van der Waals surface area contributed by atoms with Gasteiger partial charge in [-0.25, -0.2) is 0 Å². The molecule has 0 atom stereocenters. The van der Waals surface area contributed by atoms with Gasteiger partial charge in [0.15, 0.2) is 5.78 Å². The molecule has 0 heterocycles. The summed E-state index contributed by atoms with van der Waals surface area (Å²) in [5.41, 5.74) is 1.94. The largest absolute Gasteiger partial charge is 0.508 e. The zero-order valence-electron chi connectivity index (χ0n) is 11.4. The van der Waals surface area contributed by atoms with Crippen molar-refractivity contribution < 1.29 is 9.90 Å². The lowest BCUT2D eigenvalue weighted by Gasteiger charge is -2.05. The monoisotopic (exact) mass is 269 g/mol. The topological polar surface area (TPSA) is 49.3 Å². The molecule has 0 amide bonds. The summed E-state index contributed by atoms with van der Waals surface area (Å²) in [4.78, 5) is 11.8. The second-order valence-electron chi connectivity index (χ2n) is 4.71. The fourth-order valence-electron chi connectivity index (χ4n) is 1.99. The van der Waals surface area contributed by atoms with Crippen LogP contribution in [0.25, 0.3) is 0 Å². The first-order chi connectivity index (χ1) is 9.75. The van der Waals surface area contributed by atoms with Gasteiger partial charge in [0.05, 0.1) is 0 Å². The Labute approximate surface area is 119 Å². The average molecular weight is 269 g/mol. The number of hydrogen-bond acceptors (Lipinski definition) is 3. The number of ketones is 1. The molecule has 0 aliphatic rings. The van der Waals surface area contributed by atoms with Crippen LogP contribution >= 0.6 is 0 Å². The Morgan fingerprint density at radius 3 is 2.35 bits per heavy atom. The van der Waals surface area contributed by atoms with Gasteiger partial charge < -0.3 is 10.4 Å². The van der Waals surface area contributed by atoms with Gasteiger partial charge in [-0.1, -0.05) is 42.5 Å². The second-order valence-corrected chi connectivity index (χ2v) is 4.71. The molecule has 2 N–H and O–H groups in total. The molecule has 3 nitrogen and oxygen atoms in total. The van der Waals surface area contributed by atoms with Crippen LogP contribution in [0.2, 0.25) is 0 Å². The van der Waals surface area contributed by atoms with Crippen molar-refractivity contribution in [3.8, 4) is 5.75 Å². The molecule has 2 aromatic carbocycles. The molecule has 0 aromatic heterocycles. The summed E-state index contributed by atoms with van der Waals surface area (Å²) in [5.74, 6) is 0.456. The smallest absolute Gasteiger partial charge is 0.164 e. The van der Waals surface area contributed by atoms with E-state index < -0.39 is 0 Å². The molecule has 0 aliphatic heterocycles. The number of hydrogen-bond donors (Lipinski definition) is 2. The van der Waals surface area contributed by atoms with Crippen molar-refractivity contribution >= 4 is 5.78 Å². The fraction of sp³-hybridized carbons (Fsp3) is 0.235. The van der Waals surface area contributed by atoms with Gasteiger partial charge in [-0.15, -0.1) is 0 Å². The van der Waals surface area contributed by atoms with E-state index in [2.05, 4.69) is 5.32 Å². The summed E-state index contributed by atoms with van der Waals surface area (Å²) in [6.45, 7) is 1.51. The summed E-state index contributed by atoms with van der Waals surface area (Å²) in [7, 11) is 0. The number of rotatable bonds is 7. The van der Waals surface area contributed by atoms with Crippen LogP contribution in [0.15, 0.2) is 54.6 Å². The lowest BCUT2D eigenvalue weighted by molar-refractivity contribution is 0.0982. The highest BCUT2D eigenvalue weighted by molar-refractivity contribution is 5.96. The van der Waals surface area contributed by atoms with Crippen LogP contribution in [0.4, 0.5) is 0 Å². The summed E-state index contributed by atoms with van der Waals surface area (Å²) in [6.07, 6.45) is 1.40. The number of carbonyl (C=O) groups is 1. The number of carbonyl (C=O) groups excluding carboxylic acids is 1. The molecule has 0 fully saturated rings. The van der Waals surface area contributed by atoms with Crippen LogP contribution in [0.5, 0.6) is 5.75 Å². The first-order valence-electron chi connectivity index (χ1n) is 6.82. The van der Waals surface area contributed by atoms with Crippen LogP contribution in [-0.4, -0.2) is 24.0 Å². The third-order valence-corrected chi connectivity index (χ3v) is 3.15. The SMILES string of the molecule is O=C(CCNCCc1ccc(O)cc1)c1ccccc1. The van der Waals surface area contributed by atoms with E-state index in [1.165, 1.54) is 5.56 Å². The molecule has 0 radical (unpaired) electrons. The maximum atomic E-state index is 11.8. The molecule has 104 valence electrons. The van der Waals surface area contributed by atoms with Crippen molar-refractivity contribution in [2.24, 2.45) is 0 Å². The molecule has 3 heteroatoms. The summed E-state index contributed by atoms with van der Waals surface area (Å²) < 4.78 is 0. The third-order valence-electron chi connectivity index (χ3n) is 3.15. The zero-order chi connectivity index (χ0) is 14.2. The van der Waals surface area contributed by atoms with E-state index in [-0.39, 0.29) is 11.5 Å². The van der Waals surface area contributed by atoms with Gasteiger partial charge in [-0.05, 0) is 30.7 Å². The van der Waals surface area contributed by atoms with Gasteiger partial charge in [-0.3, -0.25) is 4.79 Å². The lowest BCUT2D eigenvalue weighted by Crippen LogP contribution is -2.21. The predicted octanol–water partition coefficient (Wildman–Crippen LogP) is 2.80. The number of nitrogens with one attached hydrogen (secondary N) is 1. The van der Waals surface area contributed by atoms with Crippen LogP contribution in [-0.2, 0) is 6.42 Å². The number of phenols is 1. The first-order valence-corrected chi connectivity index (χ1v) is 6.82. The number of benzene rings is 2. The van der Waals surface area contributed by atoms with Gasteiger partial charge in [0, 0.05) is 18.5 Å². The van der Waals surface area contributed by atoms with E-state index in [0.717, 1.165) is 18.5 Å². The molecule has 0 spiro atoms. The zero-order valence-corrected chi connectivity index (χ0v) is 11.4. The van der Waals surface area contributed by atoms with Gasteiger partial charge in [0.1, 0.15) is 5.75 Å². The number of phenolic OH excluding ortho intramolecular Hbond substituents is 1. The maximum Gasteiger partial charge on any atom is 0.164 e. The second kappa shape index (κ2) is 7.46. The predicted molar refractivity (Wildman–Crippen MR) is 80.1 cm³/mol. The summed E-state index contributed by atoms with van der Waals surface area (Å²) >= 11 is 0. The quantitative estimate of drug-likeness (QED) is 0.600. The fourth-order valence-corrected chi connectivity index (χ4v) is 1.99. The third kappa shape index (κ3) is 4.52. The first kappa shape index (κ1) is 14.3. The van der Waals surface area contributed by atoms with E-state index in [1.807, 2.05) is 42.5 Å². The van der Waals surface area contributed by atoms with Crippen LogP contribution in [0.1, 0.15) is 22.3 Å². The highest BCUT2D eigenvalue weighted by Crippen LogP contribution is 2.09. The molecule has 2 rings (SSSR count). The minimum Gasteiger partial charge on any atom is -0.508 e. The van der Waals surface area contributed by atoms with E-state index in [0.29, 0.717) is 13.0 Å². The molecule has 0 saturated carbocycles. The average Bonchev–Trinajstić information content (AvgIpc) is 2.49. The van der Waals surface area contributed by atoms with Crippen LogP contribution in [0.3, 0.4) is 0 Å². The van der Waals surface area contributed by atoms with Crippen molar-refractivity contribution in [2.45, 2.75) is 12.8 Å². The van der Waals surface area contributed by atoms with Crippen molar-refractivity contribution in [3.63, 3.8) is 0 Å². The van der Waals surface area contributed by atoms with Crippen molar-refractivity contribution in [2.75, 3.05) is 13.1 Å². The number of Topliss-reactive ketones (excluding diaryl/α,β-unsaturated/α-hetero) is 1. The molecule has 0 bridgehead atoms. The Kier molecular flexibility index (Phi) is 5.33. The van der Waals surface area contributed by atoms with E-state index in [1.54, 1.807) is 12.1 Å². The highest BCUT2D eigenvalue weighted by atomic mass is 16.3. The minimum atomic E-state index is 0.169. The lowest BCUT2D eigenvalue weighted by atomic mass is 10.1. The molecule has 0 saturated heterocycles. The standard InChI is InChI=1S/C17H19NO2/c19-16-8-6-14(7-9-16)10-12-18-13-11-17(20)15-4-2-1-3-5-15/h1-9,18-19H,10-13H2. The van der Waals surface area contributed by atoms with Crippen LogP contribution in [0, 0.1) is 0 Å². The molecule has 2 aromatic rings. The minimum absolute atomic E-state index is 0.169. The van der Waals surface area contributed by atoms with E-state index in [4.69, 9.17) is 0 Å².